The average Bonchev–Trinajstić information content (AvgIpc) is 2.95. The first kappa shape index (κ1) is 10.9. The first-order valence-corrected chi connectivity index (χ1v) is 6.92. The van der Waals surface area contributed by atoms with Crippen molar-refractivity contribution in [1.29, 1.82) is 0 Å². The van der Waals surface area contributed by atoms with E-state index in [0.29, 0.717) is 11.2 Å². The van der Waals surface area contributed by atoms with Crippen LogP contribution in [0.2, 0.25) is 0 Å². The highest BCUT2D eigenvalue weighted by Crippen LogP contribution is 2.21. The molecule has 5 heteroatoms. The zero-order valence-corrected chi connectivity index (χ0v) is 10.9. The lowest BCUT2D eigenvalue weighted by atomic mass is 10.2. The predicted octanol–water partition coefficient (Wildman–Crippen LogP) is 2.50. The van der Waals surface area contributed by atoms with Crippen LogP contribution in [-0.4, -0.2) is 9.55 Å². The molecule has 2 aromatic rings. The Hall–Kier alpha value is -1.20. The topological polar surface area (TPSA) is 37.8 Å². The molecule has 3 rings (SSSR count). The van der Waals surface area contributed by atoms with Crippen LogP contribution in [0.4, 0.5) is 0 Å². The molecule has 0 bridgehead atoms. The third-order valence-electron chi connectivity index (χ3n) is 3.15. The van der Waals surface area contributed by atoms with Crippen LogP contribution in [0.1, 0.15) is 22.6 Å². The van der Waals surface area contributed by atoms with Gasteiger partial charge in [0.05, 0.1) is 6.54 Å². The standard InChI is InChI=1S/C12H12N2OS2/c15-12-13-11(16)9-4-1-5-10(9)14(12)7-8-3-2-6-17-8/h2-3,6H,1,4-5,7H2,(H,13,15,16). The molecular weight excluding hydrogens is 252 g/mol. The first-order chi connectivity index (χ1) is 8.25. The highest BCUT2D eigenvalue weighted by molar-refractivity contribution is 7.71. The van der Waals surface area contributed by atoms with Gasteiger partial charge in [-0.25, -0.2) is 4.79 Å². The van der Waals surface area contributed by atoms with Gasteiger partial charge in [-0.2, -0.15) is 0 Å². The highest BCUT2D eigenvalue weighted by atomic mass is 32.1. The first-order valence-electron chi connectivity index (χ1n) is 5.63. The van der Waals surface area contributed by atoms with Crippen molar-refractivity contribution in [3.8, 4) is 0 Å². The summed E-state index contributed by atoms with van der Waals surface area (Å²) in [5.41, 5.74) is 2.22. The Morgan fingerprint density at radius 2 is 2.35 bits per heavy atom. The fourth-order valence-electron chi connectivity index (χ4n) is 2.36. The second kappa shape index (κ2) is 4.23. The van der Waals surface area contributed by atoms with Crippen molar-refractivity contribution in [2.24, 2.45) is 0 Å². The Morgan fingerprint density at radius 1 is 1.47 bits per heavy atom. The molecule has 2 aromatic heterocycles. The summed E-state index contributed by atoms with van der Waals surface area (Å²) in [5.74, 6) is 0. The van der Waals surface area contributed by atoms with Crippen molar-refractivity contribution in [2.75, 3.05) is 0 Å². The summed E-state index contributed by atoms with van der Waals surface area (Å²) in [5, 5.41) is 2.03. The quantitative estimate of drug-likeness (QED) is 0.846. The number of fused-ring (bicyclic) bond motifs is 1. The Morgan fingerprint density at radius 3 is 3.12 bits per heavy atom. The van der Waals surface area contributed by atoms with E-state index in [4.69, 9.17) is 12.2 Å². The molecule has 0 amide bonds. The number of thiophene rings is 1. The largest absolute Gasteiger partial charge is 0.327 e. The van der Waals surface area contributed by atoms with Gasteiger partial charge in [-0.1, -0.05) is 18.3 Å². The third-order valence-corrected chi connectivity index (χ3v) is 4.36. The van der Waals surface area contributed by atoms with Crippen molar-refractivity contribution in [1.82, 2.24) is 9.55 Å². The molecule has 0 atom stereocenters. The molecule has 0 fully saturated rings. The smallest absolute Gasteiger partial charge is 0.298 e. The molecule has 3 nitrogen and oxygen atoms in total. The van der Waals surface area contributed by atoms with E-state index < -0.39 is 0 Å². The lowest BCUT2D eigenvalue weighted by molar-refractivity contribution is 0.686. The third kappa shape index (κ3) is 1.89. The fourth-order valence-corrected chi connectivity index (χ4v) is 3.36. The van der Waals surface area contributed by atoms with Crippen molar-refractivity contribution in [3.05, 3.63) is 48.8 Å². The molecule has 0 spiro atoms. The minimum Gasteiger partial charge on any atom is -0.298 e. The van der Waals surface area contributed by atoms with Gasteiger partial charge in [0, 0.05) is 16.1 Å². The normalized spacial score (nSPS) is 13.9. The van der Waals surface area contributed by atoms with Gasteiger partial charge in [0.2, 0.25) is 0 Å². The second-order valence-electron chi connectivity index (χ2n) is 4.20. The van der Waals surface area contributed by atoms with E-state index in [1.165, 1.54) is 4.88 Å². The SMILES string of the molecule is O=c1[nH]c(=S)c2c(n1Cc1cccs1)CCC2. The Kier molecular flexibility index (Phi) is 2.72. The monoisotopic (exact) mass is 264 g/mol. The van der Waals surface area contributed by atoms with Crippen LogP contribution < -0.4 is 5.69 Å². The van der Waals surface area contributed by atoms with Gasteiger partial charge in [0.15, 0.2) is 0 Å². The zero-order valence-electron chi connectivity index (χ0n) is 9.23. The van der Waals surface area contributed by atoms with Gasteiger partial charge in [0.1, 0.15) is 4.64 Å². The molecule has 0 saturated carbocycles. The van der Waals surface area contributed by atoms with E-state index in [2.05, 4.69) is 11.1 Å². The van der Waals surface area contributed by atoms with Crippen molar-refractivity contribution in [3.63, 3.8) is 0 Å². The van der Waals surface area contributed by atoms with Gasteiger partial charge in [-0.3, -0.25) is 9.55 Å². The van der Waals surface area contributed by atoms with Crippen LogP contribution in [0.5, 0.6) is 0 Å². The van der Waals surface area contributed by atoms with E-state index >= 15 is 0 Å². The van der Waals surface area contributed by atoms with Crippen LogP contribution in [-0.2, 0) is 19.4 Å². The number of rotatable bonds is 2. The summed E-state index contributed by atoms with van der Waals surface area (Å²) in [6.45, 7) is 0.658. The van der Waals surface area contributed by atoms with Gasteiger partial charge in [-0.15, -0.1) is 11.3 Å². The molecule has 2 heterocycles. The maximum atomic E-state index is 12.0. The molecule has 1 aliphatic rings. The number of aromatic amines is 1. The minimum atomic E-state index is -0.0796. The molecule has 0 aliphatic heterocycles. The maximum absolute atomic E-state index is 12.0. The molecule has 1 aliphatic carbocycles. The van der Waals surface area contributed by atoms with Crippen LogP contribution in [0, 0.1) is 4.64 Å². The van der Waals surface area contributed by atoms with E-state index in [0.717, 1.165) is 30.5 Å². The number of aromatic nitrogens is 2. The van der Waals surface area contributed by atoms with Gasteiger partial charge in [0.25, 0.3) is 0 Å². The fraction of sp³-hybridized carbons (Fsp3) is 0.333. The van der Waals surface area contributed by atoms with E-state index in [9.17, 15) is 4.79 Å². The van der Waals surface area contributed by atoms with Crippen molar-refractivity contribution in [2.45, 2.75) is 25.8 Å². The van der Waals surface area contributed by atoms with Crippen LogP contribution in [0.3, 0.4) is 0 Å². The predicted molar refractivity (Wildman–Crippen MR) is 71.3 cm³/mol. The Bertz CT molecular complexity index is 652. The van der Waals surface area contributed by atoms with Crippen LogP contribution in [0.25, 0.3) is 0 Å². The molecule has 0 saturated heterocycles. The van der Waals surface area contributed by atoms with Crippen LogP contribution in [0.15, 0.2) is 22.3 Å². The summed E-state index contributed by atoms with van der Waals surface area (Å²) in [6, 6.07) is 4.07. The zero-order chi connectivity index (χ0) is 11.8. The molecule has 88 valence electrons. The van der Waals surface area contributed by atoms with Crippen LogP contribution >= 0.6 is 23.6 Å². The molecule has 0 unspecified atom stereocenters. The van der Waals surface area contributed by atoms with Gasteiger partial charge in [-0.05, 0) is 30.7 Å². The van der Waals surface area contributed by atoms with Crippen molar-refractivity contribution >= 4 is 23.6 Å². The average molecular weight is 264 g/mol. The van der Waals surface area contributed by atoms with E-state index in [1.54, 1.807) is 11.3 Å². The van der Waals surface area contributed by atoms with E-state index in [1.807, 2.05) is 16.0 Å². The molecule has 17 heavy (non-hydrogen) atoms. The lowest BCUT2D eigenvalue weighted by Crippen LogP contribution is -2.26. The molecule has 1 N–H and O–H groups in total. The maximum Gasteiger partial charge on any atom is 0.327 e. The number of H-pyrrole nitrogens is 1. The lowest BCUT2D eigenvalue weighted by Gasteiger charge is -2.10. The van der Waals surface area contributed by atoms with Gasteiger partial charge >= 0.3 is 5.69 Å². The van der Waals surface area contributed by atoms with Crippen molar-refractivity contribution < 1.29 is 0 Å². The number of nitrogens with zero attached hydrogens (tertiary/aromatic N) is 1. The molecule has 0 aromatic carbocycles. The number of hydrogen-bond donors (Lipinski definition) is 1. The highest BCUT2D eigenvalue weighted by Gasteiger charge is 2.18. The number of nitrogens with one attached hydrogen (secondary N) is 1. The van der Waals surface area contributed by atoms with E-state index in [-0.39, 0.29) is 5.69 Å². The Balaban J connectivity index is 2.14. The second-order valence-corrected chi connectivity index (χ2v) is 5.64. The summed E-state index contributed by atoms with van der Waals surface area (Å²) in [6.07, 6.45) is 3.06. The molecular formula is C12H12N2OS2. The summed E-state index contributed by atoms with van der Waals surface area (Å²) < 4.78 is 2.47. The minimum absolute atomic E-state index is 0.0796. The molecule has 0 radical (unpaired) electrons. The number of hydrogen-bond acceptors (Lipinski definition) is 3. The summed E-state index contributed by atoms with van der Waals surface area (Å²) in [7, 11) is 0. The summed E-state index contributed by atoms with van der Waals surface area (Å²) >= 11 is 6.88. The summed E-state index contributed by atoms with van der Waals surface area (Å²) in [4.78, 5) is 16.0. The Labute approximate surface area is 108 Å². The van der Waals surface area contributed by atoms with Gasteiger partial charge < -0.3 is 0 Å².